The van der Waals surface area contributed by atoms with Crippen molar-refractivity contribution in [3.05, 3.63) is 88.0 Å². The fraction of sp³-hybridized carbons (Fsp3) is 0. The van der Waals surface area contributed by atoms with Crippen molar-refractivity contribution in [3.63, 3.8) is 0 Å². The Labute approximate surface area is 143 Å². The number of para-hydroxylation sites is 1. The summed E-state index contributed by atoms with van der Waals surface area (Å²) in [5.41, 5.74) is 3.58. The summed E-state index contributed by atoms with van der Waals surface area (Å²) in [4.78, 5) is 12.4. The molecular formula is C19H14INO. The maximum absolute atomic E-state index is 12.4. The lowest BCUT2D eigenvalue weighted by atomic mass is 10.0. The standard InChI is InChI=1S/C19H14INO/c20-16-10-6-9-15(13-16)19(22)21-18-12-5-4-11-17(18)14-7-2-1-3-8-14/h1-13H,(H,21,22). The molecule has 2 nitrogen and oxygen atoms in total. The second kappa shape index (κ2) is 6.75. The number of anilines is 1. The summed E-state index contributed by atoms with van der Waals surface area (Å²) in [6.45, 7) is 0. The van der Waals surface area contributed by atoms with Crippen LogP contribution in [0.4, 0.5) is 5.69 Å². The van der Waals surface area contributed by atoms with E-state index in [1.807, 2.05) is 78.9 Å². The molecule has 3 aromatic rings. The minimum absolute atomic E-state index is 0.0955. The SMILES string of the molecule is O=C(Nc1ccccc1-c1ccccc1)c1cccc(I)c1. The maximum Gasteiger partial charge on any atom is 0.255 e. The van der Waals surface area contributed by atoms with E-state index in [1.54, 1.807) is 0 Å². The second-order valence-electron chi connectivity index (χ2n) is 4.88. The van der Waals surface area contributed by atoms with Gasteiger partial charge in [0.15, 0.2) is 0 Å². The number of halogens is 1. The first-order chi connectivity index (χ1) is 10.7. The highest BCUT2D eigenvalue weighted by Crippen LogP contribution is 2.27. The molecule has 3 aromatic carbocycles. The van der Waals surface area contributed by atoms with Gasteiger partial charge < -0.3 is 5.32 Å². The van der Waals surface area contributed by atoms with E-state index >= 15 is 0 Å². The molecule has 0 saturated carbocycles. The normalized spacial score (nSPS) is 10.2. The minimum atomic E-state index is -0.0955. The lowest BCUT2D eigenvalue weighted by Gasteiger charge is -2.11. The Balaban J connectivity index is 1.92. The van der Waals surface area contributed by atoms with Crippen molar-refractivity contribution >= 4 is 34.2 Å². The summed E-state index contributed by atoms with van der Waals surface area (Å²) in [6, 6.07) is 25.4. The van der Waals surface area contributed by atoms with Crippen LogP contribution in [0.15, 0.2) is 78.9 Å². The number of carbonyl (C=O) groups excluding carboxylic acids is 1. The number of nitrogens with one attached hydrogen (secondary N) is 1. The first kappa shape index (κ1) is 14.8. The first-order valence-electron chi connectivity index (χ1n) is 6.95. The molecule has 1 amide bonds. The van der Waals surface area contributed by atoms with Crippen molar-refractivity contribution in [2.75, 3.05) is 5.32 Å². The summed E-state index contributed by atoms with van der Waals surface area (Å²) in [7, 11) is 0. The average Bonchev–Trinajstić information content (AvgIpc) is 2.56. The van der Waals surface area contributed by atoms with Crippen molar-refractivity contribution in [1.29, 1.82) is 0 Å². The monoisotopic (exact) mass is 399 g/mol. The molecule has 0 spiro atoms. The van der Waals surface area contributed by atoms with Crippen LogP contribution in [0.5, 0.6) is 0 Å². The van der Waals surface area contributed by atoms with E-state index in [0.29, 0.717) is 5.56 Å². The van der Waals surface area contributed by atoms with Crippen LogP contribution < -0.4 is 5.32 Å². The summed E-state index contributed by atoms with van der Waals surface area (Å²) in [5, 5.41) is 3.01. The van der Waals surface area contributed by atoms with Crippen molar-refractivity contribution < 1.29 is 4.79 Å². The molecule has 0 fully saturated rings. The van der Waals surface area contributed by atoms with Gasteiger partial charge in [-0.05, 0) is 52.4 Å². The number of hydrogen-bond acceptors (Lipinski definition) is 1. The molecular weight excluding hydrogens is 385 g/mol. The fourth-order valence-electron chi connectivity index (χ4n) is 2.29. The van der Waals surface area contributed by atoms with Gasteiger partial charge in [0, 0.05) is 20.4 Å². The maximum atomic E-state index is 12.4. The van der Waals surface area contributed by atoms with Crippen LogP contribution in [0.1, 0.15) is 10.4 Å². The highest BCUT2D eigenvalue weighted by atomic mass is 127. The van der Waals surface area contributed by atoms with Crippen molar-refractivity contribution in [3.8, 4) is 11.1 Å². The first-order valence-corrected chi connectivity index (χ1v) is 8.03. The molecule has 0 aliphatic heterocycles. The summed E-state index contributed by atoms with van der Waals surface area (Å²) < 4.78 is 1.04. The zero-order valence-corrected chi connectivity index (χ0v) is 13.9. The highest BCUT2D eigenvalue weighted by Gasteiger charge is 2.10. The third kappa shape index (κ3) is 3.36. The van der Waals surface area contributed by atoms with Crippen molar-refractivity contribution in [2.45, 2.75) is 0 Å². The predicted octanol–water partition coefficient (Wildman–Crippen LogP) is 5.21. The average molecular weight is 399 g/mol. The van der Waals surface area contributed by atoms with E-state index < -0.39 is 0 Å². The molecule has 0 aromatic heterocycles. The Bertz CT molecular complexity index is 799. The highest BCUT2D eigenvalue weighted by molar-refractivity contribution is 14.1. The van der Waals surface area contributed by atoms with E-state index in [1.165, 1.54) is 0 Å². The van der Waals surface area contributed by atoms with Crippen molar-refractivity contribution in [1.82, 2.24) is 0 Å². The minimum Gasteiger partial charge on any atom is -0.321 e. The van der Waals surface area contributed by atoms with Crippen LogP contribution in [0.25, 0.3) is 11.1 Å². The van der Waals surface area contributed by atoms with Crippen LogP contribution in [-0.2, 0) is 0 Å². The van der Waals surface area contributed by atoms with E-state index in [0.717, 1.165) is 20.4 Å². The number of rotatable bonds is 3. The molecule has 108 valence electrons. The van der Waals surface area contributed by atoms with Gasteiger partial charge in [-0.1, -0.05) is 54.6 Å². The Morgan fingerprint density at radius 1 is 0.818 bits per heavy atom. The summed E-state index contributed by atoms with van der Waals surface area (Å²) in [5.74, 6) is -0.0955. The van der Waals surface area contributed by atoms with Crippen LogP contribution in [-0.4, -0.2) is 5.91 Å². The van der Waals surface area contributed by atoms with Crippen LogP contribution in [0.3, 0.4) is 0 Å². The van der Waals surface area contributed by atoms with Crippen LogP contribution in [0.2, 0.25) is 0 Å². The summed E-state index contributed by atoms with van der Waals surface area (Å²) in [6.07, 6.45) is 0. The number of carbonyl (C=O) groups is 1. The Kier molecular flexibility index (Phi) is 4.53. The molecule has 0 aliphatic rings. The van der Waals surface area contributed by atoms with E-state index in [9.17, 15) is 4.79 Å². The third-order valence-electron chi connectivity index (χ3n) is 3.35. The molecule has 22 heavy (non-hydrogen) atoms. The number of hydrogen-bond donors (Lipinski definition) is 1. The molecule has 0 heterocycles. The van der Waals surface area contributed by atoms with Gasteiger partial charge in [0.2, 0.25) is 0 Å². The van der Waals surface area contributed by atoms with E-state index in [2.05, 4.69) is 27.9 Å². The van der Waals surface area contributed by atoms with Crippen molar-refractivity contribution in [2.24, 2.45) is 0 Å². The topological polar surface area (TPSA) is 29.1 Å². The van der Waals surface area contributed by atoms with Gasteiger partial charge in [-0.25, -0.2) is 0 Å². The van der Waals surface area contributed by atoms with Gasteiger partial charge in [0.05, 0.1) is 0 Å². The molecule has 0 aliphatic carbocycles. The molecule has 0 atom stereocenters. The summed E-state index contributed by atoms with van der Waals surface area (Å²) >= 11 is 2.21. The van der Waals surface area contributed by atoms with E-state index in [-0.39, 0.29) is 5.91 Å². The largest absolute Gasteiger partial charge is 0.321 e. The zero-order chi connectivity index (χ0) is 15.4. The van der Waals surface area contributed by atoms with Crippen LogP contribution in [0, 0.1) is 3.57 Å². The van der Waals surface area contributed by atoms with Gasteiger partial charge in [-0.15, -0.1) is 0 Å². The molecule has 0 radical (unpaired) electrons. The van der Waals surface area contributed by atoms with Gasteiger partial charge in [0.25, 0.3) is 5.91 Å². The van der Waals surface area contributed by atoms with Gasteiger partial charge in [0.1, 0.15) is 0 Å². The quantitative estimate of drug-likeness (QED) is 0.602. The Hall–Kier alpha value is -2.14. The molecule has 0 saturated heterocycles. The van der Waals surface area contributed by atoms with Crippen LogP contribution >= 0.6 is 22.6 Å². The lowest BCUT2D eigenvalue weighted by molar-refractivity contribution is 0.102. The molecule has 0 unspecified atom stereocenters. The molecule has 3 rings (SSSR count). The fourth-order valence-corrected chi connectivity index (χ4v) is 2.83. The predicted molar refractivity (Wildman–Crippen MR) is 99.0 cm³/mol. The lowest BCUT2D eigenvalue weighted by Crippen LogP contribution is -2.12. The second-order valence-corrected chi connectivity index (χ2v) is 6.12. The molecule has 3 heteroatoms. The smallest absolute Gasteiger partial charge is 0.255 e. The van der Waals surface area contributed by atoms with Gasteiger partial charge in [-0.3, -0.25) is 4.79 Å². The van der Waals surface area contributed by atoms with E-state index in [4.69, 9.17) is 0 Å². The zero-order valence-electron chi connectivity index (χ0n) is 11.8. The number of benzene rings is 3. The van der Waals surface area contributed by atoms with Gasteiger partial charge >= 0.3 is 0 Å². The number of amides is 1. The Morgan fingerprint density at radius 3 is 2.32 bits per heavy atom. The van der Waals surface area contributed by atoms with Gasteiger partial charge in [-0.2, -0.15) is 0 Å². The Morgan fingerprint density at radius 2 is 1.55 bits per heavy atom. The molecule has 0 bridgehead atoms. The molecule has 1 N–H and O–H groups in total. The third-order valence-corrected chi connectivity index (χ3v) is 4.02.